The smallest absolute Gasteiger partial charge is 0.241 e. The van der Waals surface area contributed by atoms with Crippen LogP contribution in [0.4, 0.5) is 5.69 Å². The SMILES string of the molecule is CS(=O)(=O)c1cccc(Oc2ccc(NC(=O)C3CCCN3)cc2)c1. The summed E-state index contributed by atoms with van der Waals surface area (Å²) < 4.78 is 28.9. The number of carbonyl (C=O) groups is 1. The third-order valence-electron chi connectivity index (χ3n) is 3.97. The van der Waals surface area contributed by atoms with Crippen LogP contribution in [-0.4, -0.2) is 33.2 Å². The molecule has 1 aliphatic heterocycles. The lowest BCUT2D eigenvalue weighted by atomic mass is 10.2. The molecule has 3 rings (SSSR count). The molecule has 0 aliphatic carbocycles. The van der Waals surface area contributed by atoms with E-state index in [4.69, 9.17) is 4.74 Å². The molecule has 2 aromatic carbocycles. The Bertz CT molecular complexity index is 857. The second kappa shape index (κ2) is 7.25. The van der Waals surface area contributed by atoms with Crippen LogP contribution >= 0.6 is 0 Å². The quantitative estimate of drug-likeness (QED) is 0.856. The van der Waals surface area contributed by atoms with E-state index in [1.54, 1.807) is 36.4 Å². The molecule has 0 bridgehead atoms. The normalized spacial score (nSPS) is 17.2. The van der Waals surface area contributed by atoms with Gasteiger partial charge in [-0.3, -0.25) is 4.79 Å². The summed E-state index contributed by atoms with van der Waals surface area (Å²) in [7, 11) is -3.28. The maximum Gasteiger partial charge on any atom is 0.241 e. The molecule has 0 spiro atoms. The van der Waals surface area contributed by atoms with Crippen LogP contribution in [-0.2, 0) is 14.6 Å². The summed E-state index contributed by atoms with van der Waals surface area (Å²) >= 11 is 0. The number of ether oxygens (including phenoxy) is 1. The molecule has 1 atom stereocenters. The molecular formula is C18H20N2O4S. The average Bonchev–Trinajstić information content (AvgIpc) is 3.11. The van der Waals surface area contributed by atoms with E-state index in [0.29, 0.717) is 17.2 Å². The van der Waals surface area contributed by atoms with Gasteiger partial charge in [0.15, 0.2) is 9.84 Å². The Morgan fingerprint density at radius 2 is 1.92 bits per heavy atom. The maximum atomic E-state index is 12.1. The standard InChI is InChI=1S/C18H20N2O4S/c1-25(22,23)16-5-2-4-15(12-16)24-14-9-7-13(8-10-14)20-18(21)17-6-3-11-19-17/h2,4-5,7-10,12,17,19H,3,6,11H2,1H3,(H,20,21). The molecule has 1 amide bonds. The molecule has 6 nitrogen and oxygen atoms in total. The minimum absolute atomic E-state index is 0.0352. The lowest BCUT2D eigenvalue weighted by molar-refractivity contribution is -0.117. The first-order valence-electron chi connectivity index (χ1n) is 8.04. The van der Waals surface area contributed by atoms with Crippen LogP contribution in [0.5, 0.6) is 11.5 Å². The van der Waals surface area contributed by atoms with Crippen LogP contribution in [0.25, 0.3) is 0 Å². The van der Waals surface area contributed by atoms with E-state index < -0.39 is 9.84 Å². The third kappa shape index (κ3) is 4.58. The van der Waals surface area contributed by atoms with E-state index in [2.05, 4.69) is 10.6 Å². The van der Waals surface area contributed by atoms with Crippen LogP contribution in [0, 0.1) is 0 Å². The van der Waals surface area contributed by atoms with Gasteiger partial charge in [-0.05, 0) is 61.9 Å². The molecule has 25 heavy (non-hydrogen) atoms. The van der Waals surface area contributed by atoms with E-state index in [1.165, 1.54) is 12.1 Å². The lowest BCUT2D eigenvalue weighted by Gasteiger charge is -2.12. The van der Waals surface area contributed by atoms with Crippen molar-refractivity contribution in [3.63, 3.8) is 0 Å². The molecular weight excluding hydrogens is 340 g/mol. The largest absolute Gasteiger partial charge is 0.457 e. The first-order chi connectivity index (χ1) is 11.9. The molecule has 7 heteroatoms. The molecule has 0 aromatic heterocycles. The topological polar surface area (TPSA) is 84.5 Å². The summed E-state index contributed by atoms with van der Waals surface area (Å²) in [6.45, 7) is 0.872. The predicted molar refractivity (Wildman–Crippen MR) is 95.7 cm³/mol. The number of nitrogens with one attached hydrogen (secondary N) is 2. The molecule has 0 saturated carbocycles. The van der Waals surface area contributed by atoms with Crippen molar-refractivity contribution < 1.29 is 17.9 Å². The van der Waals surface area contributed by atoms with Gasteiger partial charge < -0.3 is 15.4 Å². The number of benzene rings is 2. The number of anilines is 1. The fourth-order valence-electron chi connectivity index (χ4n) is 2.65. The Hall–Kier alpha value is -2.38. The van der Waals surface area contributed by atoms with Crippen LogP contribution < -0.4 is 15.4 Å². The summed E-state index contributed by atoms with van der Waals surface area (Å²) in [5.41, 5.74) is 0.691. The van der Waals surface area contributed by atoms with E-state index in [-0.39, 0.29) is 16.8 Å². The van der Waals surface area contributed by atoms with E-state index in [1.807, 2.05) is 0 Å². The van der Waals surface area contributed by atoms with Gasteiger partial charge in [-0.1, -0.05) is 6.07 Å². The van der Waals surface area contributed by atoms with Gasteiger partial charge in [-0.15, -0.1) is 0 Å². The van der Waals surface area contributed by atoms with E-state index >= 15 is 0 Å². The predicted octanol–water partition coefficient (Wildman–Crippen LogP) is 2.57. The van der Waals surface area contributed by atoms with Crippen molar-refractivity contribution >= 4 is 21.4 Å². The van der Waals surface area contributed by atoms with Gasteiger partial charge in [0.25, 0.3) is 0 Å². The van der Waals surface area contributed by atoms with Gasteiger partial charge in [-0.25, -0.2) is 8.42 Å². The lowest BCUT2D eigenvalue weighted by Crippen LogP contribution is -2.35. The summed E-state index contributed by atoms with van der Waals surface area (Å²) in [6.07, 6.45) is 3.02. The third-order valence-corrected chi connectivity index (χ3v) is 5.08. The van der Waals surface area contributed by atoms with Crippen LogP contribution in [0.2, 0.25) is 0 Å². The van der Waals surface area contributed by atoms with Crippen molar-refractivity contribution in [2.24, 2.45) is 0 Å². The maximum absolute atomic E-state index is 12.1. The molecule has 1 saturated heterocycles. The summed E-state index contributed by atoms with van der Waals surface area (Å²) in [5, 5.41) is 6.02. The zero-order chi connectivity index (χ0) is 17.9. The van der Waals surface area contributed by atoms with Crippen molar-refractivity contribution in [1.29, 1.82) is 0 Å². The number of hydrogen-bond acceptors (Lipinski definition) is 5. The summed E-state index contributed by atoms with van der Waals surface area (Å²) in [6, 6.07) is 13.2. The van der Waals surface area contributed by atoms with Crippen molar-refractivity contribution in [3.05, 3.63) is 48.5 Å². The Morgan fingerprint density at radius 3 is 2.56 bits per heavy atom. The number of amides is 1. The van der Waals surface area contributed by atoms with Crippen molar-refractivity contribution in [3.8, 4) is 11.5 Å². The Labute approximate surface area is 147 Å². The fourth-order valence-corrected chi connectivity index (χ4v) is 3.30. The highest BCUT2D eigenvalue weighted by Gasteiger charge is 2.21. The highest BCUT2D eigenvalue weighted by Crippen LogP contribution is 2.25. The number of carbonyl (C=O) groups excluding carboxylic acids is 1. The fraction of sp³-hybridized carbons (Fsp3) is 0.278. The minimum atomic E-state index is -3.28. The minimum Gasteiger partial charge on any atom is -0.457 e. The molecule has 2 aromatic rings. The Morgan fingerprint density at radius 1 is 1.16 bits per heavy atom. The van der Waals surface area contributed by atoms with Gasteiger partial charge in [-0.2, -0.15) is 0 Å². The number of rotatable bonds is 5. The summed E-state index contributed by atoms with van der Waals surface area (Å²) in [4.78, 5) is 12.3. The second-order valence-corrected chi connectivity index (χ2v) is 8.03. The molecule has 1 heterocycles. The van der Waals surface area contributed by atoms with Crippen LogP contribution in [0.3, 0.4) is 0 Å². The first-order valence-corrected chi connectivity index (χ1v) is 9.93. The van der Waals surface area contributed by atoms with E-state index in [0.717, 1.165) is 25.6 Å². The molecule has 1 fully saturated rings. The van der Waals surface area contributed by atoms with Crippen molar-refractivity contribution in [2.75, 3.05) is 18.1 Å². The van der Waals surface area contributed by atoms with Gasteiger partial charge in [0.2, 0.25) is 5.91 Å². The monoisotopic (exact) mass is 360 g/mol. The number of hydrogen-bond donors (Lipinski definition) is 2. The highest BCUT2D eigenvalue weighted by molar-refractivity contribution is 7.90. The van der Waals surface area contributed by atoms with Gasteiger partial charge in [0.05, 0.1) is 10.9 Å². The molecule has 1 unspecified atom stereocenters. The Balaban J connectivity index is 1.65. The van der Waals surface area contributed by atoms with Crippen molar-refractivity contribution in [1.82, 2.24) is 5.32 Å². The van der Waals surface area contributed by atoms with Gasteiger partial charge >= 0.3 is 0 Å². The zero-order valence-electron chi connectivity index (χ0n) is 13.9. The molecule has 132 valence electrons. The average molecular weight is 360 g/mol. The van der Waals surface area contributed by atoms with E-state index in [9.17, 15) is 13.2 Å². The molecule has 1 aliphatic rings. The Kier molecular flexibility index (Phi) is 5.06. The molecule has 0 radical (unpaired) electrons. The van der Waals surface area contributed by atoms with Crippen LogP contribution in [0.1, 0.15) is 12.8 Å². The van der Waals surface area contributed by atoms with Crippen LogP contribution in [0.15, 0.2) is 53.4 Å². The summed E-state index contributed by atoms with van der Waals surface area (Å²) in [5.74, 6) is 0.963. The number of sulfone groups is 1. The zero-order valence-corrected chi connectivity index (χ0v) is 14.7. The van der Waals surface area contributed by atoms with Crippen molar-refractivity contribution in [2.45, 2.75) is 23.8 Å². The second-order valence-electron chi connectivity index (χ2n) is 6.01. The van der Waals surface area contributed by atoms with Gasteiger partial charge in [0.1, 0.15) is 11.5 Å². The highest BCUT2D eigenvalue weighted by atomic mass is 32.2. The first kappa shape index (κ1) is 17.4. The van der Waals surface area contributed by atoms with Gasteiger partial charge in [0, 0.05) is 11.9 Å². The molecule has 2 N–H and O–H groups in total.